The molecule has 1 saturated heterocycles. The SMILES string of the molecule is CCc1c(C)nc2cc([C@@H]3CCCN3C(=O)[C@@H](C)n3cncn3)[nH]n2c1=O. The van der Waals surface area contributed by atoms with Crippen molar-refractivity contribution in [3.63, 3.8) is 0 Å². The summed E-state index contributed by atoms with van der Waals surface area (Å²) in [5.74, 6) is -0.00705. The summed E-state index contributed by atoms with van der Waals surface area (Å²) >= 11 is 0. The normalized spacial score (nSPS) is 18.3. The summed E-state index contributed by atoms with van der Waals surface area (Å²) in [6.45, 7) is 6.31. The number of carbonyl (C=O) groups is 1. The molecule has 0 spiro atoms. The van der Waals surface area contributed by atoms with E-state index in [4.69, 9.17) is 0 Å². The molecule has 3 aromatic heterocycles. The number of aromatic nitrogens is 6. The lowest BCUT2D eigenvalue weighted by atomic mass is 10.1. The molecule has 3 aromatic rings. The van der Waals surface area contributed by atoms with E-state index >= 15 is 0 Å². The molecule has 0 aromatic carbocycles. The molecule has 0 unspecified atom stereocenters. The summed E-state index contributed by atoms with van der Waals surface area (Å²) in [5, 5.41) is 7.26. The van der Waals surface area contributed by atoms with Crippen LogP contribution in [0.3, 0.4) is 0 Å². The zero-order valence-electron chi connectivity index (χ0n) is 15.7. The van der Waals surface area contributed by atoms with Crippen molar-refractivity contribution in [1.29, 1.82) is 0 Å². The van der Waals surface area contributed by atoms with Gasteiger partial charge in [0.25, 0.3) is 5.56 Å². The van der Waals surface area contributed by atoms with Crippen LogP contribution in [0.2, 0.25) is 0 Å². The minimum absolute atomic E-state index is 0.00705. The molecule has 0 bridgehead atoms. The molecule has 1 fully saturated rings. The van der Waals surface area contributed by atoms with E-state index in [1.54, 1.807) is 11.0 Å². The Morgan fingerprint density at radius 1 is 1.44 bits per heavy atom. The average Bonchev–Trinajstić information content (AvgIpc) is 3.39. The van der Waals surface area contributed by atoms with E-state index in [1.165, 1.54) is 10.8 Å². The van der Waals surface area contributed by atoms with E-state index in [1.807, 2.05) is 31.7 Å². The lowest BCUT2D eigenvalue weighted by Gasteiger charge is -2.26. The van der Waals surface area contributed by atoms with Crippen molar-refractivity contribution in [3.8, 4) is 0 Å². The number of nitrogens with one attached hydrogen (secondary N) is 1. The Morgan fingerprint density at radius 3 is 2.96 bits per heavy atom. The van der Waals surface area contributed by atoms with Crippen molar-refractivity contribution in [2.24, 2.45) is 0 Å². The Kier molecular flexibility index (Phi) is 4.29. The van der Waals surface area contributed by atoms with Crippen LogP contribution in [0.5, 0.6) is 0 Å². The van der Waals surface area contributed by atoms with Gasteiger partial charge in [0.05, 0.1) is 11.7 Å². The number of H-pyrrole nitrogens is 1. The van der Waals surface area contributed by atoms with E-state index in [0.29, 0.717) is 24.2 Å². The molecule has 27 heavy (non-hydrogen) atoms. The third kappa shape index (κ3) is 2.83. The molecule has 142 valence electrons. The highest BCUT2D eigenvalue weighted by Crippen LogP contribution is 2.33. The number of fused-ring (bicyclic) bond motifs is 1. The standard InChI is InChI=1S/C18H23N7O2/c1-4-13-11(2)21-16-8-14(22-25(16)18(13)27)15-6-5-7-23(15)17(26)12(3)24-10-19-9-20-24/h8-10,12,15,22H,4-7H2,1-3H3/t12-,15+/m1/s1. The van der Waals surface area contributed by atoms with Crippen LogP contribution in [0.25, 0.3) is 5.65 Å². The van der Waals surface area contributed by atoms with Crippen LogP contribution in [0.4, 0.5) is 0 Å². The van der Waals surface area contributed by atoms with Crippen LogP contribution in [0.1, 0.15) is 55.7 Å². The number of aryl methyl sites for hydroxylation is 1. The Hall–Kier alpha value is -2.97. The lowest BCUT2D eigenvalue weighted by molar-refractivity contribution is -0.135. The van der Waals surface area contributed by atoms with Gasteiger partial charge in [0.1, 0.15) is 18.7 Å². The number of rotatable bonds is 4. The van der Waals surface area contributed by atoms with Crippen LogP contribution < -0.4 is 5.56 Å². The van der Waals surface area contributed by atoms with Gasteiger partial charge in [-0.15, -0.1) is 0 Å². The first kappa shape index (κ1) is 17.4. The molecule has 1 aliphatic rings. The zero-order chi connectivity index (χ0) is 19.1. The molecule has 1 aliphatic heterocycles. The quantitative estimate of drug-likeness (QED) is 0.749. The summed E-state index contributed by atoms with van der Waals surface area (Å²) in [5.41, 5.74) is 2.82. The topological polar surface area (TPSA) is 101 Å². The molecule has 4 heterocycles. The van der Waals surface area contributed by atoms with E-state index < -0.39 is 6.04 Å². The van der Waals surface area contributed by atoms with Gasteiger partial charge in [0.15, 0.2) is 5.65 Å². The summed E-state index contributed by atoms with van der Waals surface area (Å²) < 4.78 is 3.05. The van der Waals surface area contributed by atoms with Gasteiger partial charge < -0.3 is 4.90 Å². The smallest absolute Gasteiger partial charge is 0.276 e. The van der Waals surface area contributed by atoms with Crippen molar-refractivity contribution < 1.29 is 4.79 Å². The fourth-order valence-electron chi connectivity index (χ4n) is 3.89. The lowest BCUT2D eigenvalue weighted by Crippen LogP contribution is -2.36. The van der Waals surface area contributed by atoms with E-state index in [0.717, 1.165) is 24.2 Å². The minimum Gasteiger partial charge on any atom is -0.332 e. The Morgan fingerprint density at radius 2 is 2.26 bits per heavy atom. The fraction of sp³-hybridized carbons (Fsp3) is 0.500. The van der Waals surface area contributed by atoms with Crippen LogP contribution in [0, 0.1) is 6.92 Å². The van der Waals surface area contributed by atoms with Crippen molar-refractivity contribution in [1.82, 2.24) is 34.3 Å². The maximum absolute atomic E-state index is 13.0. The van der Waals surface area contributed by atoms with Gasteiger partial charge in [-0.3, -0.25) is 14.7 Å². The molecule has 9 nitrogen and oxygen atoms in total. The summed E-state index contributed by atoms with van der Waals surface area (Å²) in [4.78, 5) is 36.0. The number of amides is 1. The highest BCUT2D eigenvalue weighted by Gasteiger charge is 2.34. The number of nitrogens with zero attached hydrogens (tertiary/aromatic N) is 6. The third-order valence-corrected chi connectivity index (χ3v) is 5.37. The van der Waals surface area contributed by atoms with E-state index in [9.17, 15) is 9.59 Å². The largest absolute Gasteiger partial charge is 0.332 e. The fourth-order valence-corrected chi connectivity index (χ4v) is 3.89. The number of carbonyl (C=O) groups excluding carboxylic acids is 1. The van der Waals surface area contributed by atoms with Gasteiger partial charge in [0.2, 0.25) is 5.91 Å². The Labute approximate surface area is 156 Å². The van der Waals surface area contributed by atoms with Crippen LogP contribution in [-0.2, 0) is 11.2 Å². The first-order valence-corrected chi connectivity index (χ1v) is 9.27. The first-order chi connectivity index (χ1) is 13.0. The second-order valence-corrected chi connectivity index (χ2v) is 6.98. The number of likely N-dealkylation sites (tertiary alicyclic amines) is 1. The van der Waals surface area contributed by atoms with E-state index in [2.05, 4.69) is 20.2 Å². The van der Waals surface area contributed by atoms with Gasteiger partial charge in [0, 0.05) is 23.9 Å². The second kappa shape index (κ2) is 6.64. The summed E-state index contributed by atoms with van der Waals surface area (Å²) in [7, 11) is 0. The molecular weight excluding hydrogens is 346 g/mol. The molecule has 0 aliphatic carbocycles. The average molecular weight is 369 g/mol. The molecule has 0 saturated carbocycles. The zero-order valence-corrected chi connectivity index (χ0v) is 15.7. The van der Waals surface area contributed by atoms with Crippen molar-refractivity contribution in [2.75, 3.05) is 6.54 Å². The van der Waals surface area contributed by atoms with E-state index in [-0.39, 0.29) is 17.5 Å². The maximum atomic E-state index is 13.0. The second-order valence-electron chi connectivity index (χ2n) is 6.98. The number of hydrogen-bond acceptors (Lipinski definition) is 5. The highest BCUT2D eigenvalue weighted by molar-refractivity contribution is 5.80. The van der Waals surface area contributed by atoms with Gasteiger partial charge in [-0.25, -0.2) is 19.2 Å². The Balaban J connectivity index is 1.69. The minimum atomic E-state index is -0.424. The first-order valence-electron chi connectivity index (χ1n) is 9.27. The molecule has 4 rings (SSSR count). The summed E-state index contributed by atoms with van der Waals surface area (Å²) in [6.07, 6.45) is 5.37. The third-order valence-electron chi connectivity index (χ3n) is 5.37. The van der Waals surface area contributed by atoms with Gasteiger partial charge in [-0.1, -0.05) is 6.92 Å². The molecule has 0 radical (unpaired) electrons. The monoisotopic (exact) mass is 369 g/mol. The van der Waals surface area contributed by atoms with Gasteiger partial charge in [-0.2, -0.15) is 5.10 Å². The predicted molar refractivity (Wildman–Crippen MR) is 98.3 cm³/mol. The Bertz CT molecular complexity index is 1030. The molecular formula is C18H23N7O2. The van der Waals surface area contributed by atoms with Crippen molar-refractivity contribution in [3.05, 3.63) is 46.0 Å². The van der Waals surface area contributed by atoms with Crippen LogP contribution in [-0.4, -0.2) is 46.7 Å². The highest BCUT2D eigenvalue weighted by atomic mass is 16.2. The van der Waals surface area contributed by atoms with Crippen LogP contribution >= 0.6 is 0 Å². The van der Waals surface area contributed by atoms with Crippen molar-refractivity contribution in [2.45, 2.75) is 52.1 Å². The molecule has 1 amide bonds. The number of aromatic amines is 1. The number of hydrogen-bond donors (Lipinski definition) is 1. The van der Waals surface area contributed by atoms with Gasteiger partial charge in [-0.05, 0) is 33.1 Å². The van der Waals surface area contributed by atoms with Gasteiger partial charge >= 0.3 is 0 Å². The molecule has 9 heteroatoms. The van der Waals surface area contributed by atoms with Crippen LogP contribution in [0.15, 0.2) is 23.5 Å². The molecule has 1 N–H and O–H groups in total. The van der Waals surface area contributed by atoms with Crippen molar-refractivity contribution >= 4 is 11.6 Å². The maximum Gasteiger partial charge on any atom is 0.276 e. The predicted octanol–water partition coefficient (Wildman–Crippen LogP) is 1.41. The molecule has 2 atom stereocenters. The summed E-state index contributed by atoms with van der Waals surface area (Å²) in [6, 6.07) is 1.35.